The molecule has 0 fully saturated rings. The van der Waals surface area contributed by atoms with E-state index < -0.39 is 28.6 Å². The Balaban J connectivity index is 0.00000484. The number of nitro benzene ring substituents is 1. The highest BCUT2D eigenvalue weighted by Gasteiger charge is 2.24. The average Bonchev–Trinajstić information content (AvgIpc) is 2.36. The Bertz CT molecular complexity index is 563. The maximum Gasteiger partial charge on any atom is 0.408 e. The Labute approximate surface area is 132 Å². The molecule has 0 saturated heterocycles. The molecule has 4 N–H and O–H groups in total. The van der Waals surface area contributed by atoms with Crippen molar-refractivity contribution < 1.29 is 29.8 Å². The molecular formula is C14H20N2O7. The molecule has 0 saturated carbocycles. The number of hydrogen-bond acceptors (Lipinski definition) is 5. The second-order valence-corrected chi connectivity index (χ2v) is 5.66. The predicted octanol–water partition coefficient (Wildman–Crippen LogP) is 1.29. The van der Waals surface area contributed by atoms with Crippen LogP contribution in [0.4, 0.5) is 10.5 Å². The molecule has 0 bridgehead atoms. The van der Waals surface area contributed by atoms with Crippen LogP contribution in [0.1, 0.15) is 26.3 Å². The number of rotatable bonds is 5. The molecule has 9 nitrogen and oxygen atoms in total. The maximum absolute atomic E-state index is 11.6. The van der Waals surface area contributed by atoms with E-state index in [-0.39, 0.29) is 17.6 Å². The summed E-state index contributed by atoms with van der Waals surface area (Å²) in [5, 5.41) is 22.0. The smallest absolute Gasteiger partial charge is 0.408 e. The molecule has 9 heteroatoms. The molecule has 1 amide bonds. The molecule has 1 aromatic rings. The van der Waals surface area contributed by atoms with Gasteiger partial charge in [0.15, 0.2) is 0 Å². The molecule has 0 radical (unpaired) electrons. The number of amides is 1. The van der Waals surface area contributed by atoms with Crippen LogP contribution in [0.3, 0.4) is 0 Å². The lowest BCUT2D eigenvalue weighted by Crippen LogP contribution is -2.44. The van der Waals surface area contributed by atoms with Gasteiger partial charge in [-0.1, -0.05) is 12.1 Å². The number of nitro groups is 1. The minimum atomic E-state index is -1.22. The zero-order valence-electron chi connectivity index (χ0n) is 13.0. The fourth-order valence-corrected chi connectivity index (χ4v) is 1.64. The van der Waals surface area contributed by atoms with Gasteiger partial charge in [-0.2, -0.15) is 0 Å². The lowest BCUT2D eigenvalue weighted by atomic mass is 10.1. The lowest BCUT2D eigenvalue weighted by Gasteiger charge is -2.22. The van der Waals surface area contributed by atoms with E-state index in [1.807, 2.05) is 0 Å². The second-order valence-electron chi connectivity index (χ2n) is 5.66. The maximum atomic E-state index is 11.6. The van der Waals surface area contributed by atoms with E-state index in [1.165, 1.54) is 24.3 Å². The van der Waals surface area contributed by atoms with Crippen LogP contribution in [0.2, 0.25) is 0 Å². The molecule has 1 rings (SSSR count). The Hall–Kier alpha value is -2.68. The second kappa shape index (κ2) is 8.08. The van der Waals surface area contributed by atoms with E-state index in [2.05, 4.69) is 5.32 Å². The van der Waals surface area contributed by atoms with Gasteiger partial charge in [-0.05, 0) is 26.3 Å². The highest BCUT2D eigenvalue weighted by Crippen LogP contribution is 2.14. The highest BCUT2D eigenvalue weighted by atomic mass is 16.6. The summed E-state index contributed by atoms with van der Waals surface area (Å²) in [4.78, 5) is 32.8. The number of hydrogen-bond donors (Lipinski definition) is 2. The van der Waals surface area contributed by atoms with E-state index >= 15 is 0 Å². The van der Waals surface area contributed by atoms with Gasteiger partial charge < -0.3 is 20.6 Å². The van der Waals surface area contributed by atoms with Gasteiger partial charge in [0, 0.05) is 18.6 Å². The summed E-state index contributed by atoms with van der Waals surface area (Å²) in [5.41, 5.74) is -0.273. The first-order valence-corrected chi connectivity index (χ1v) is 6.54. The number of carbonyl (C=O) groups is 2. The van der Waals surface area contributed by atoms with E-state index in [0.29, 0.717) is 5.56 Å². The van der Waals surface area contributed by atoms with Crippen molar-refractivity contribution in [2.75, 3.05) is 0 Å². The van der Waals surface area contributed by atoms with Gasteiger partial charge in [-0.15, -0.1) is 0 Å². The van der Waals surface area contributed by atoms with E-state index in [9.17, 15) is 19.7 Å². The Morgan fingerprint density at radius 2 is 1.83 bits per heavy atom. The number of alkyl carbamates (subject to hydrolysis) is 1. The molecule has 0 aromatic heterocycles. The van der Waals surface area contributed by atoms with Crippen LogP contribution in [-0.4, -0.2) is 39.2 Å². The number of non-ortho nitro benzene ring substituents is 1. The molecule has 0 aliphatic heterocycles. The van der Waals surface area contributed by atoms with Gasteiger partial charge in [-0.25, -0.2) is 9.59 Å². The summed E-state index contributed by atoms with van der Waals surface area (Å²) >= 11 is 0. The van der Waals surface area contributed by atoms with E-state index in [1.54, 1.807) is 20.8 Å². The van der Waals surface area contributed by atoms with Crippen molar-refractivity contribution in [3.05, 3.63) is 39.9 Å². The number of carboxylic acid groups (broad SMARTS) is 1. The molecule has 23 heavy (non-hydrogen) atoms. The minimum absolute atomic E-state index is 0. The van der Waals surface area contributed by atoms with Crippen molar-refractivity contribution in [1.82, 2.24) is 5.32 Å². The number of nitrogens with one attached hydrogen (secondary N) is 1. The van der Waals surface area contributed by atoms with Crippen molar-refractivity contribution in [2.45, 2.75) is 38.8 Å². The molecule has 0 aliphatic rings. The zero-order chi connectivity index (χ0) is 16.9. The van der Waals surface area contributed by atoms with Gasteiger partial charge in [0.05, 0.1) is 4.92 Å². The Kier molecular flexibility index (Phi) is 7.14. The summed E-state index contributed by atoms with van der Waals surface area (Å²) < 4.78 is 5.00. The molecule has 0 heterocycles. The molecular weight excluding hydrogens is 308 g/mol. The number of ether oxygens (including phenoxy) is 1. The largest absolute Gasteiger partial charge is 0.480 e. The van der Waals surface area contributed by atoms with E-state index in [0.717, 1.165) is 0 Å². The number of carbonyl (C=O) groups excluding carboxylic acids is 1. The van der Waals surface area contributed by atoms with Crippen LogP contribution in [0.5, 0.6) is 0 Å². The number of benzene rings is 1. The SMILES string of the molecule is CC(C)(C)OC(=O)N[C@@H](Cc1ccc([N+](=O)[O-])cc1)C(=O)O.O. The van der Waals surface area contributed by atoms with Crippen LogP contribution in [0.15, 0.2) is 24.3 Å². The van der Waals surface area contributed by atoms with Crippen molar-refractivity contribution >= 4 is 17.7 Å². The van der Waals surface area contributed by atoms with E-state index in [4.69, 9.17) is 9.84 Å². The third-order valence-electron chi connectivity index (χ3n) is 2.58. The summed E-state index contributed by atoms with van der Waals surface area (Å²) in [6, 6.07) is 4.27. The number of aliphatic carboxylic acids is 1. The first-order valence-electron chi connectivity index (χ1n) is 6.54. The quantitative estimate of drug-likeness (QED) is 0.614. The summed E-state index contributed by atoms with van der Waals surface area (Å²) in [6.45, 7) is 5.00. The van der Waals surface area contributed by atoms with Crippen LogP contribution in [0.25, 0.3) is 0 Å². The van der Waals surface area contributed by atoms with Crippen LogP contribution in [-0.2, 0) is 16.0 Å². The molecule has 1 aromatic carbocycles. The van der Waals surface area contributed by atoms with Gasteiger partial charge >= 0.3 is 12.1 Å². The van der Waals surface area contributed by atoms with Crippen LogP contribution < -0.4 is 5.32 Å². The first-order chi connectivity index (χ1) is 10.1. The Morgan fingerprint density at radius 3 is 2.22 bits per heavy atom. The normalized spacial score (nSPS) is 11.8. The third-order valence-corrected chi connectivity index (χ3v) is 2.58. The Morgan fingerprint density at radius 1 is 1.30 bits per heavy atom. The van der Waals surface area contributed by atoms with Gasteiger partial charge in [0.1, 0.15) is 11.6 Å². The average molecular weight is 328 g/mol. The van der Waals surface area contributed by atoms with Gasteiger partial charge in [0.2, 0.25) is 0 Å². The zero-order valence-corrected chi connectivity index (χ0v) is 13.0. The topological polar surface area (TPSA) is 150 Å². The monoisotopic (exact) mass is 328 g/mol. The van der Waals surface area contributed by atoms with Gasteiger partial charge in [0.25, 0.3) is 5.69 Å². The molecule has 128 valence electrons. The fourth-order valence-electron chi connectivity index (χ4n) is 1.64. The van der Waals surface area contributed by atoms with Crippen molar-refractivity contribution in [1.29, 1.82) is 0 Å². The van der Waals surface area contributed by atoms with Crippen molar-refractivity contribution in [2.24, 2.45) is 0 Å². The van der Waals surface area contributed by atoms with Crippen LogP contribution >= 0.6 is 0 Å². The number of carboxylic acids is 1. The lowest BCUT2D eigenvalue weighted by molar-refractivity contribution is -0.384. The molecule has 0 aliphatic carbocycles. The summed E-state index contributed by atoms with van der Waals surface area (Å²) in [6.07, 6.45) is -0.839. The fraction of sp³-hybridized carbons (Fsp3) is 0.429. The summed E-state index contributed by atoms with van der Waals surface area (Å²) in [5.74, 6) is -1.22. The standard InChI is InChI=1S/C14H18N2O6.H2O/c1-14(2,3)22-13(19)15-11(12(17)18)8-9-4-6-10(7-5-9)16(20)21;/h4-7,11H,8H2,1-3H3,(H,15,19)(H,17,18);1H2/t11-;/m0./s1. The highest BCUT2D eigenvalue weighted by molar-refractivity contribution is 5.80. The van der Waals surface area contributed by atoms with Crippen LogP contribution in [0, 0.1) is 10.1 Å². The van der Waals surface area contributed by atoms with Gasteiger partial charge in [-0.3, -0.25) is 10.1 Å². The van der Waals surface area contributed by atoms with Crippen molar-refractivity contribution in [3.8, 4) is 0 Å². The first kappa shape index (κ1) is 20.3. The third kappa shape index (κ3) is 7.23. The summed E-state index contributed by atoms with van der Waals surface area (Å²) in [7, 11) is 0. The van der Waals surface area contributed by atoms with Crippen molar-refractivity contribution in [3.63, 3.8) is 0 Å². The molecule has 0 unspecified atom stereocenters. The molecule has 0 spiro atoms. The number of nitrogens with zero attached hydrogens (tertiary/aromatic N) is 1. The molecule has 1 atom stereocenters. The minimum Gasteiger partial charge on any atom is -0.480 e. The predicted molar refractivity (Wildman–Crippen MR) is 81.2 cm³/mol.